The maximum atomic E-state index is 11.1. The third-order valence-corrected chi connectivity index (χ3v) is 3.04. The smallest absolute Gasteiger partial charge is 0.236 e. The summed E-state index contributed by atoms with van der Waals surface area (Å²) in [6.45, 7) is 2.13. The van der Waals surface area contributed by atoms with Gasteiger partial charge >= 0.3 is 0 Å². The number of amides is 1. The number of pyridine rings is 1. The number of rotatable bonds is 2. The fraction of sp³-hybridized carbons (Fsp3) is 0.400. The Labute approximate surface area is 102 Å². The van der Waals surface area contributed by atoms with Crippen molar-refractivity contribution in [2.45, 2.75) is 6.04 Å². The van der Waals surface area contributed by atoms with Gasteiger partial charge in [0.05, 0.1) is 0 Å². The van der Waals surface area contributed by atoms with Gasteiger partial charge in [0, 0.05) is 30.3 Å². The highest BCUT2D eigenvalue weighted by molar-refractivity contribution is 9.10. The van der Waals surface area contributed by atoms with Gasteiger partial charge in [0.1, 0.15) is 11.9 Å². The number of piperazine rings is 1. The van der Waals surface area contributed by atoms with Crippen molar-refractivity contribution in [3.05, 3.63) is 22.8 Å². The zero-order valence-electron chi connectivity index (χ0n) is 8.69. The van der Waals surface area contributed by atoms with Gasteiger partial charge in [-0.15, -0.1) is 0 Å². The van der Waals surface area contributed by atoms with Gasteiger partial charge in [-0.2, -0.15) is 0 Å². The summed E-state index contributed by atoms with van der Waals surface area (Å²) < 4.78 is 0.978. The summed E-state index contributed by atoms with van der Waals surface area (Å²) in [6, 6.07) is 3.51. The number of primary amides is 1. The first-order chi connectivity index (χ1) is 7.66. The van der Waals surface area contributed by atoms with E-state index in [9.17, 15) is 4.79 Å². The largest absolute Gasteiger partial charge is 0.368 e. The van der Waals surface area contributed by atoms with E-state index in [2.05, 4.69) is 31.1 Å². The van der Waals surface area contributed by atoms with E-state index >= 15 is 0 Å². The maximum absolute atomic E-state index is 11.1. The number of halogens is 1. The van der Waals surface area contributed by atoms with Crippen molar-refractivity contribution >= 4 is 27.7 Å². The lowest BCUT2D eigenvalue weighted by molar-refractivity contribution is -0.120. The molecule has 5 nitrogen and oxygen atoms in total. The molecule has 1 unspecified atom stereocenters. The third-order valence-electron chi connectivity index (χ3n) is 2.55. The number of nitrogens with two attached hydrogens (primary N) is 1. The summed E-state index contributed by atoms with van der Waals surface area (Å²) >= 11 is 3.40. The van der Waals surface area contributed by atoms with Crippen LogP contribution in [-0.4, -0.2) is 36.6 Å². The minimum Gasteiger partial charge on any atom is -0.368 e. The Bertz CT molecular complexity index is 398. The van der Waals surface area contributed by atoms with Crippen molar-refractivity contribution in [3.8, 4) is 0 Å². The van der Waals surface area contributed by atoms with Gasteiger partial charge in [0.2, 0.25) is 5.91 Å². The molecule has 1 aliphatic rings. The van der Waals surface area contributed by atoms with Crippen molar-refractivity contribution < 1.29 is 4.79 Å². The SMILES string of the molecule is NC(=O)C1CN(c2cc(Br)ccn2)CCN1. The van der Waals surface area contributed by atoms with Crippen LogP contribution < -0.4 is 16.0 Å². The molecule has 16 heavy (non-hydrogen) atoms. The summed E-state index contributed by atoms with van der Waals surface area (Å²) in [7, 11) is 0. The van der Waals surface area contributed by atoms with Crippen molar-refractivity contribution in [1.29, 1.82) is 0 Å². The average Bonchev–Trinajstić information content (AvgIpc) is 2.29. The molecule has 1 aliphatic heterocycles. The van der Waals surface area contributed by atoms with E-state index in [0.717, 1.165) is 23.4 Å². The predicted octanol–water partition coefficient (Wildman–Crippen LogP) is 0.108. The minimum absolute atomic E-state index is 0.297. The molecule has 1 fully saturated rings. The van der Waals surface area contributed by atoms with E-state index in [1.807, 2.05) is 12.1 Å². The van der Waals surface area contributed by atoms with Gasteiger partial charge in [-0.25, -0.2) is 4.98 Å². The molecule has 0 bridgehead atoms. The van der Waals surface area contributed by atoms with Crippen LogP contribution in [0.1, 0.15) is 0 Å². The highest BCUT2D eigenvalue weighted by Gasteiger charge is 2.23. The lowest BCUT2D eigenvalue weighted by Crippen LogP contribution is -2.56. The molecule has 6 heteroatoms. The van der Waals surface area contributed by atoms with Gasteiger partial charge in [-0.05, 0) is 12.1 Å². The molecular weight excluding hydrogens is 272 g/mol. The zero-order chi connectivity index (χ0) is 11.5. The first-order valence-corrected chi connectivity index (χ1v) is 5.85. The van der Waals surface area contributed by atoms with E-state index in [0.29, 0.717) is 6.54 Å². The van der Waals surface area contributed by atoms with Crippen LogP contribution in [0, 0.1) is 0 Å². The molecule has 0 aromatic carbocycles. The summed E-state index contributed by atoms with van der Waals surface area (Å²) in [6.07, 6.45) is 1.74. The van der Waals surface area contributed by atoms with E-state index in [1.165, 1.54) is 0 Å². The van der Waals surface area contributed by atoms with Crippen LogP contribution in [-0.2, 0) is 4.79 Å². The Morgan fingerprint density at radius 2 is 2.50 bits per heavy atom. The molecule has 0 radical (unpaired) electrons. The van der Waals surface area contributed by atoms with E-state index in [1.54, 1.807) is 6.20 Å². The fourth-order valence-electron chi connectivity index (χ4n) is 1.72. The quantitative estimate of drug-likeness (QED) is 0.809. The molecule has 1 atom stereocenters. The molecule has 1 saturated heterocycles. The summed E-state index contributed by atoms with van der Waals surface area (Å²) in [4.78, 5) is 17.4. The number of nitrogens with one attached hydrogen (secondary N) is 1. The van der Waals surface area contributed by atoms with E-state index in [-0.39, 0.29) is 11.9 Å². The number of anilines is 1. The Balaban J connectivity index is 2.12. The monoisotopic (exact) mass is 284 g/mol. The standard InChI is InChI=1S/C10H13BrN4O/c11-7-1-2-14-9(5-7)15-4-3-13-8(6-15)10(12)16/h1-2,5,8,13H,3-4,6H2,(H2,12,16). The predicted molar refractivity (Wildman–Crippen MR) is 65.1 cm³/mol. The summed E-state index contributed by atoms with van der Waals surface area (Å²) in [5.41, 5.74) is 5.28. The second-order valence-corrected chi connectivity index (χ2v) is 4.60. The average molecular weight is 285 g/mol. The number of carbonyl (C=O) groups is 1. The molecule has 1 aromatic rings. The molecule has 3 N–H and O–H groups in total. The van der Waals surface area contributed by atoms with E-state index < -0.39 is 0 Å². The Hall–Kier alpha value is -1.14. The molecular formula is C10H13BrN4O. The maximum Gasteiger partial charge on any atom is 0.236 e. The molecule has 2 heterocycles. The van der Waals surface area contributed by atoms with Gasteiger partial charge in [-0.1, -0.05) is 15.9 Å². The van der Waals surface area contributed by atoms with Crippen LogP contribution in [0.2, 0.25) is 0 Å². The second kappa shape index (κ2) is 4.80. The minimum atomic E-state index is -0.320. The molecule has 0 aliphatic carbocycles. The summed E-state index contributed by atoms with van der Waals surface area (Å²) in [5, 5.41) is 3.08. The highest BCUT2D eigenvalue weighted by Crippen LogP contribution is 2.17. The van der Waals surface area contributed by atoms with Crippen molar-refractivity contribution in [1.82, 2.24) is 10.3 Å². The van der Waals surface area contributed by atoms with Gasteiger partial charge in [0.15, 0.2) is 0 Å². The lowest BCUT2D eigenvalue weighted by Gasteiger charge is -2.32. The molecule has 2 rings (SSSR count). The van der Waals surface area contributed by atoms with Crippen molar-refractivity contribution in [3.63, 3.8) is 0 Å². The highest BCUT2D eigenvalue weighted by atomic mass is 79.9. The second-order valence-electron chi connectivity index (χ2n) is 3.69. The van der Waals surface area contributed by atoms with Crippen LogP contribution in [0.15, 0.2) is 22.8 Å². The van der Waals surface area contributed by atoms with Crippen molar-refractivity contribution in [2.24, 2.45) is 5.73 Å². The Morgan fingerprint density at radius 1 is 1.69 bits per heavy atom. The zero-order valence-corrected chi connectivity index (χ0v) is 10.3. The van der Waals surface area contributed by atoms with E-state index in [4.69, 9.17) is 5.73 Å². The molecule has 1 aromatic heterocycles. The first kappa shape index (κ1) is 11.3. The summed E-state index contributed by atoms with van der Waals surface area (Å²) in [5.74, 6) is 0.543. The fourth-order valence-corrected chi connectivity index (χ4v) is 2.04. The van der Waals surface area contributed by atoms with Crippen LogP contribution in [0.5, 0.6) is 0 Å². The van der Waals surface area contributed by atoms with Crippen LogP contribution in [0.3, 0.4) is 0 Å². The third kappa shape index (κ3) is 2.51. The number of hydrogen-bond donors (Lipinski definition) is 2. The number of carbonyl (C=O) groups excluding carboxylic acids is 1. The Kier molecular flexibility index (Phi) is 3.40. The van der Waals surface area contributed by atoms with Gasteiger partial charge < -0.3 is 16.0 Å². The molecule has 86 valence electrons. The number of hydrogen-bond acceptors (Lipinski definition) is 4. The molecule has 0 spiro atoms. The van der Waals surface area contributed by atoms with Gasteiger partial charge in [0.25, 0.3) is 0 Å². The number of aromatic nitrogens is 1. The lowest BCUT2D eigenvalue weighted by atomic mass is 10.2. The molecule has 0 saturated carbocycles. The number of nitrogens with zero attached hydrogens (tertiary/aromatic N) is 2. The normalized spacial score (nSPS) is 20.8. The van der Waals surface area contributed by atoms with Crippen LogP contribution in [0.25, 0.3) is 0 Å². The topological polar surface area (TPSA) is 71.2 Å². The van der Waals surface area contributed by atoms with Gasteiger partial charge in [-0.3, -0.25) is 4.79 Å². The first-order valence-electron chi connectivity index (χ1n) is 5.06. The van der Waals surface area contributed by atoms with Crippen LogP contribution in [0.4, 0.5) is 5.82 Å². The van der Waals surface area contributed by atoms with Crippen molar-refractivity contribution in [2.75, 3.05) is 24.5 Å². The van der Waals surface area contributed by atoms with Crippen LogP contribution >= 0.6 is 15.9 Å². The Morgan fingerprint density at radius 3 is 3.19 bits per heavy atom. The molecule has 1 amide bonds.